The Morgan fingerprint density at radius 1 is 1.09 bits per heavy atom. The molecule has 0 saturated heterocycles. The summed E-state index contributed by atoms with van der Waals surface area (Å²) < 4.78 is 5.76. The first-order chi connectivity index (χ1) is 16.1. The summed E-state index contributed by atoms with van der Waals surface area (Å²) in [7, 11) is 5.60. The van der Waals surface area contributed by atoms with Crippen LogP contribution in [0.3, 0.4) is 0 Å². The molecule has 0 aromatic heterocycles. The topological polar surface area (TPSA) is 73.8 Å². The number of phenolic OH excluding ortho intramolecular Hbond substituents is 1. The molecular weight excluding hydrogens is 426 g/mol. The van der Waals surface area contributed by atoms with Crippen molar-refractivity contribution in [1.29, 1.82) is 0 Å². The van der Waals surface area contributed by atoms with Crippen LogP contribution in [0.2, 0.25) is 0 Å². The molecule has 1 aliphatic rings. The Balaban J connectivity index is 1.89. The van der Waals surface area contributed by atoms with Crippen LogP contribution in [0.4, 0.5) is 21.9 Å². The number of methoxy groups -OCH3 is 1. The fourth-order valence-electron chi connectivity index (χ4n) is 4.77. The first-order valence-corrected chi connectivity index (χ1v) is 12.4. The number of rotatable bonds is 7. The zero-order valence-corrected chi connectivity index (χ0v) is 21.6. The number of hydrogen-bond donors (Lipinski definition) is 3. The summed E-state index contributed by atoms with van der Waals surface area (Å²) in [6.07, 6.45) is 8.17. The van der Waals surface area contributed by atoms with E-state index >= 15 is 0 Å². The molecule has 2 amide bonds. The molecule has 0 unspecified atom stereocenters. The molecule has 1 aliphatic carbocycles. The van der Waals surface area contributed by atoms with Crippen LogP contribution in [0.25, 0.3) is 0 Å². The van der Waals surface area contributed by atoms with Gasteiger partial charge in [0.2, 0.25) is 0 Å². The van der Waals surface area contributed by atoms with E-state index in [4.69, 9.17) is 4.74 Å². The predicted molar refractivity (Wildman–Crippen MR) is 142 cm³/mol. The van der Waals surface area contributed by atoms with E-state index < -0.39 is 0 Å². The van der Waals surface area contributed by atoms with Crippen molar-refractivity contribution in [2.24, 2.45) is 5.92 Å². The number of nitrogens with zero attached hydrogens (tertiary/aromatic N) is 1. The van der Waals surface area contributed by atoms with Crippen molar-refractivity contribution >= 4 is 23.1 Å². The molecule has 3 rings (SSSR count). The van der Waals surface area contributed by atoms with Crippen molar-refractivity contribution in [1.82, 2.24) is 0 Å². The zero-order chi connectivity index (χ0) is 24.9. The molecule has 0 bridgehead atoms. The molecule has 34 heavy (non-hydrogen) atoms. The number of ether oxygens (including phenoxy) is 1. The molecule has 0 aliphatic heterocycles. The van der Waals surface area contributed by atoms with Crippen LogP contribution in [0.1, 0.15) is 70.4 Å². The minimum atomic E-state index is -0.389. The molecule has 6 heteroatoms. The second-order valence-corrected chi connectivity index (χ2v) is 10.6. The van der Waals surface area contributed by atoms with Gasteiger partial charge in [0.15, 0.2) is 0 Å². The molecule has 6 nitrogen and oxygen atoms in total. The molecule has 1 saturated carbocycles. The SMILES string of the molecule is COc1cc(C(C)(C)C)c(O)c(NC(=O)Nc2ccc(N(C)C)cc2)c1CCC1CCCCC1. The van der Waals surface area contributed by atoms with E-state index in [1.807, 2.05) is 70.1 Å². The third kappa shape index (κ3) is 6.37. The van der Waals surface area contributed by atoms with Gasteiger partial charge in [-0.25, -0.2) is 4.79 Å². The van der Waals surface area contributed by atoms with Crippen LogP contribution < -0.4 is 20.3 Å². The van der Waals surface area contributed by atoms with E-state index in [1.54, 1.807) is 7.11 Å². The lowest BCUT2D eigenvalue weighted by molar-refractivity contribution is 0.262. The van der Waals surface area contributed by atoms with Crippen molar-refractivity contribution in [3.8, 4) is 11.5 Å². The van der Waals surface area contributed by atoms with Gasteiger partial charge in [-0.2, -0.15) is 0 Å². The van der Waals surface area contributed by atoms with Gasteiger partial charge in [0.25, 0.3) is 0 Å². The quantitative estimate of drug-likeness (QED) is 0.386. The summed E-state index contributed by atoms with van der Waals surface area (Å²) in [6.45, 7) is 6.12. The van der Waals surface area contributed by atoms with E-state index in [2.05, 4.69) is 10.6 Å². The molecular formula is C28H41N3O3. The summed E-state index contributed by atoms with van der Waals surface area (Å²) in [4.78, 5) is 15.0. The number of carbonyl (C=O) groups is 1. The highest BCUT2D eigenvalue weighted by atomic mass is 16.5. The predicted octanol–water partition coefficient (Wildman–Crippen LogP) is 6.92. The lowest BCUT2D eigenvalue weighted by atomic mass is 9.82. The molecule has 0 heterocycles. The van der Waals surface area contributed by atoms with Gasteiger partial charge in [0.05, 0.1) is 12.8 Å². The molecule has 0 atom stereocenters. The highest BCUT2D eigenvalue weighted by Gasteiger charge is 2.27. The summed E-state index contributed by atoms with van der Waals surface area (Å²) in [6, 6.07) is 9.17. The van der Waals surface area contributed by atoms with E-state index in [9.17, 15) is 9.90 Å². The molecule has 2 aromatic carbocycles. The number of urea groups is 1. The average Bonchev–Trinajstić information content (AvgIpc) is 2.79. The second-order valence-electron chi connectivity index (χ2n) is 10.6. The van der Waals surface area contributed by atoms with Gasteiger partial charge in [-0.15, -0.1) is 0 Å². The highest BCUT2D eigenvalue weighted by molar-refractivity contribution is 6.01. The van der Waals surface area contributed by atoms with Crippen molar-refractivity contribution in [2.45, 2.75) is 71.1 Å². The van der Waals surface area contributed by atoms with Gasteiger partial charge < -0.3 is 25.4 Å². The zero-order valence-electron chi connectivity index (χ0n) is 21.6. The van der Waals surface area contributed by atoms with E-state index in [0.717, 1.165) is 29.7 Å². The van der Waals surface area contributed by atoms with Gasteiger partial charge in [0, 0.05) is 36.6 Å². The van der Waals surface area contributed by atoms with Crippen molar-refractivity contribution < 1.29 is 14.6 Å². The smallest absolute Gasteiger partial charge is 0.323 e. The van der Waals surface area contributed by atoms with Crippen LogP contribution in [0.5, 0.6) is 11.5 Å². The van der Waals surface area contributed by atoms with E-state index in [-0.39, 0.29) is 17.2 Å². The minimum absolute atomic E-state index is 0.116. The fourth-order valence-corrected chi connectivity index (χ4v) is 4.77. The Kier molecular flexibility index (Phi) is 8.34. The Hall–Kier alpha value is -2.89. The third-order valence-corrected chi connectivity index (χ3v) is 6.80. The number of benzene rings is 2. The molecule has 0 radical (unpaired) electrons. The molecule has 1 fully saturated rings. The monoisotopic (exact) mass is 467 g/mol. The third-order valence-electron chi connectivity index (χ3n) is 6.80. The number of hydrogen-bond acceptors (Lipinski definition) is 4. The van der Waals surface area contributed by atoms with Gasteiger partial charge in [-0.05, 0) is 54.5 Å². The van der Waals surface area contributed by atoms with Crippen LogP contribution in [-0.2, 0) is 11.8 Å². The lowest BCUT2D eigenvalue weighted by Gasteiger charge is -2.27. The van der Waals surface area contributed by atoms with Crippen LogP contribution in [0.15, 0.2) is 30.3 Å². The Morgan fingerprint density at radius 3 is 2.29 bits per heavy atom. The highest BCUT2D eigenvalue weighted by Crippen LogP contribution is 2.44. The molecule has 3 N–H and O–H groups in total. The maximum Gasteiger partial charge on any atom is 0.323 e. The summed E-state index contributed by atoms with van der Waals surface area (Å²) in [5.41, 5.74) is 3.48. The lowest BCUT2D eigenvalue weighted by Crippen LogP contribution is -2.22. The van der Waals surface area contributed by atoms with Crippen molar-refractivity contribution in [3.63, 3.8) is 0 Å². The first-order valence-electron chi connectivity index (χ1n) is 12.4. The van der Waals surface area contributed by atoms with E-state index in [0.29, 0.717) is 23.0 Å². The van der Waals surface area contributed by atoms with Crippen LogP contribution >= 0.6 is 0 Å². The number of phenols is 1. The number of aromatic hydroxyl groups is 1. The largest absolute Gasteiger partial charge is 0.505 e. The molecule has 186 valence electrons. The second kappa shape index (κ2) is 11.0. The van der Waals surface area contributed by atoms with Gasteiger partial charge in [0.1, 0.15) is 11.5 Å². The van der Waals surface area contributed by atoms with Crippen LogP contribution in [0, 0.1) is 5.92 Å². The first kappa shape index (κ1) is 25.7. The maximum atomic E-state index is 13.0. The van der Waals surface area contributed by atoms with Crippen LogP contribution in [-0.4, -0.2) is 32.3 Å². The Labute approximate surface area is 204 Å². The summed E-state index contributed by atoms with van der Waals surface area (Å²) in [5, 5.41) is 17.1. The Bertz CT molecular complexity index is 972. The summed E-state index contributed by atoms with van der Waals surface area (Å²) in [5.74, 6) is 1.51. The Morgan fingerprint density at radius 2 is 1.74 bits per heavy atom. The average molecular weight is 468 g/mol. The van der Waals surface area contributed by atoms with E-state index in [1.165, 1.54) is 32.1 Å². The number of anilines is 3. The van der Waals surface area contributed by atoms with Gasteiger partial charge in [-0.3, -0.25) is 0 Å². The molecule has 2 aromatic rings. The van der Waals surface area contributed by atoms with Gasteiger partial charge >= 0.3 is 6.03 Å². The van der Waals surface area contributed by atoms with Crippen molar-refractivity contribution in [3.05, 3.63) is 41.5 Å². The maximum absolute atomic E-state index is 13.0. The number of carbonyl (C=O) groups excluding carboxylic acids is 1. The van der Waals surface area contributed by atoms with Gasteiger partial charge in [-0.1, -0.05) is 52.9 Å². The number of nitrogens with one attached hydrogen (secondary N) is 2. The van der Waals surface area contributed by atoms with Crippen molar-refractivity contribution in [2.75, 3.05) is 36.7 Å². The minimum Gasteiger partial charge on any atom is -0.505 e. The standard InChI is InChI=1S/C28H41N3O3/c1-28(2,3)23-18-24(34-6)22(17-12-19-10-8-7-9-11-19)25(26(23)32)30-27(33)29-20-13-15-21(16-14-20)31(4)5/h13-16,18-19,32H,7-12,17H2,1-6H3,(H2,29,30,33). The number of amides is 2. The molecule has 0 spiro atoms. The normalized spacial score (nSPS) is 14.5. The summed E-state index contributed by atoms with van der Waals surface area (Å²) >= 11 is 0. The fraction of sp³-hybridized carbons (Fsp3) is 0.536.